The van der Waals surface area contributed by atoms with Crippen molar-refractivity contribution in [1.29, 1.82) is 5.26 Å². The van der Waals surface area contributed by atoms with E-state index in [-0.39, 0.29) is 27.9 Å². The second-order valence-electron chi connectivity index (χ2n) is 9.14. The van der Waals surface area contributed by atoms with E-state index in [4.69, 9.17) is 0 Å². The normalized spacial score (nSPS) is 12.4. The summed E-state index contributed by atoms with van der Waals surface area (Å²) in [6.07, 6.45) is 1.53. The average Bonchev–Trinajstić information content (AvgIpc) is 2.60. The molecule has 0 aliphatic heterocycles. The topological polar surface area (TPSA) is 93.4 Å². The molecule has 0 fully saturated rings. The van der Waals surface area contributed by atoms with Gasteiger partial charge < -0.3 is 15.5 Å². The number of nitriles is 1. The van der Waals surface area contributed by atoms with Crippen LogP contribution in [-0.2, 0) is 15.6 Å². The van der Waals surface area contributed by atoms with Crippen molar-refractivity contribution in [1.82, 2.24) is 0 Å². The minimum Gasteiger partial charge on any atom is -0.508 e. The minimum absolute atomic E-state index is 0.0523. The number of amides is 1. The molecule has 0 saturated carbocycles. The number of hydrogen-bond donors (Lipinski definition) is 3. The molecule has 152 valence electrons. The highest BCUT2D eigenvalue weighted by Gasteiger charge is 2.26. The first-order valence-corrected chi connectivity index (χ1v) is 9.43. The van der Waals surface area contributed by atoms with Gasteiger partial charge in [-0.2, -0.15) is 5.26 Å². The number of anilines is 1. The molecule has 0 heterocycles. The maximum absolute atomic E-state index is 12.5. The Morgan fingerprint density at radius 1 is 0.966 bits per heavy atom. The minimum atomic E-state index is -0.541. The molecule has 1 amide bonds. The molecule has 0 saturated heterocycles. The molecule has 0 aromatic heterocycles. The zero-order valence-electron chi connectivity index (χ0n) is 17.8. The van der Waals surface area contributed by atoms with E-state index in [1.165, 1.54) is 18.2 Å². The summed E-state index contributed by atoms with van der Waals surface area (Å²) in [5, 5.41) is 32.3. The zero-order valence-corrected chi connectivity index (χ0v) is 17.8. The van der Waals surface area contributed by atoms with Crippen LogP contribution in [0.2, 0.25) is 0 Å². The van der Waals surface area contributed by atoms with Crippen LogP contribution in [0.4, 0.5) is 5.69 Å². The Morgan fingerprint density at radius 2 is 1.45 bits per heavy atom. The lowest BCUT2D eigenvalue weighted by Gasteiger charge is -2.28. The largest absolute Gasteiger partial charge is 0.508 e. The van der Waals surface area contributed by atoms with Crippen molar-refractivity contribution in [2.75, 3.05) is 5.32 Å². The molecule has 2 aromatic carbocycles. The number of benzene rings is 2. The van der Waals surface area contributed by atoms with Gasteiger partial charge in [0.25, 0.3) is 5.91 Å². The Hall–Kier alpha value is -3.26. The number of carbonyl (C=O) groups excluding carboxylic acids is 1. The smallest absolute Gasteiger partial charge is 0.266 e. The van der Waals surface area contributed by atoms with Crippen molar-refractivity contribution in [2.45, 2.75) is 52.4 Å². The summed E-state index contributed by atoms with van der Waals surface area (Å²) in [6, 6.07) is 11.6. The molecule has 0 radical (unpaired) electrons. The quantitative estimate of drug-likeness (QED) is 0.378. The van der Waals surface area contributed by atoms with Crippen LogP contribution >= 0.6 is 0 Å². The predicted molar refractivity (Wildman–Crippen MR) is 116 cm³/mol. The van der Waals surface area contributed by atoms with Gasteiger partial charge in [0.1, 0.15) is 23.1 Å². The molecule has 0 aliphatic carbocycles. The van der Waals surface area contributed by atoms with Crippen LogP contribution < -0.4 is 5.32 Å². The van der Waals surface area contributed by atoms with E-state index in [9.17, 15) is 20.3 Å². The molecule has 3 N–H and O–H groups in total. The number of aromatic hydroxyl groups is 2. The van der Waals surface area contributed by atoms with Gasteiger partial charge in [-0.15, -0.1) is 0 Å². The molecule has 0 bridgehead atoms. The molecular weight excluding hydrogens is 364 g/mol. The van der Waals surface area contributed by atoms with Crippen molar-refractivity contribution >= 4 is 17.7 Å². The summed E-state index contributed by atoms with van der Waals surface area (Å²) < 4.78 is 0. The maximum Gasteiger partial charge on any atom is 0.266 e. The van der Waals surface area contributed by atoms with Gasteiger partial charge in [-0.25, -0.2) is 0 Å². The number of carbonyl (C=O) groups is 1. The first-order chi connectivity index (χ1) is 13.3. The molecule has 0 spiro atoms. The average molecular weight is 392 g/mol. The van der Waals surface area contributed by atoms with Crippen molar-refractivity contribution in [3.05, 3.63) is 58.7 Å². The third kappa shape index (κ3) is 5.39. The van der Waals surface area contributed by atoms with Gasteiger partial charge in [-0.05, 0) is 58.9 Å². The summed E-state index contributed by atoms with van der Waals surface area (Å²) >= 11 is 0. The van der Waals surface area contributed by atoms with E-state index < -0.39 is 5.91 Å². The number of phenols is 2. The van der Waals surface area contributed by atoms with Gasteiger partial charge in [-0.3, -0.25) is 4.79 Å². The highest BCUT2D eigenvalue weighted by Crippen LogP contribution is 2.40. The fraction of sp³-hybridized carbons (Fsp3) is 0.333. The fourth-order valence-corrected chi connectivity index (χ4v) is 2.94. The molecule has 5 nitrogen and oxygen atoms in total. The van der Waals surface area contributed by atoms with Crippen LogP contribution in [0.5, 0.6) is 11.5 Å². The standard InChI is InChI=1S/C24H28N2O3/c1-23(2,3)19-12-15(13-20(21(19)28)24(4,5)6)11-16(14-25)22(29)26-17-7-9-18(27)10-8-17/h7-13,27-28H,1-6H3,(H,26,29)/b16-11+. The molecule has 0 atom stereocenters. The van der Waals surface area contributed by atoms with E-state index >= 15 is 0 Å². The molecule has 0 aliphatic rings. The van der Waals surface area contributed by atoms with Gasteiger partial charge in [0.05, 0.1) is 0 Å². The monoisotopic (exact) mass is 392 g/mol. The highest BCUT2D eigenvalue weighted by molar-refractivity contribution is 6.09. The molecule has 29 heavy (non-hydrogen) atoms. The molecule has 5 heteroatoms. The first kappa shape index (κ1) is 22.0. The number of hydrogen-bond acceptors (Lipinski definition) is 4. The van der Waals surface area contributed by atoms with Crippen LogP contribution in [0.25, 0.3) is 6.08 Å². The third-order valence-electron chi connectivity index (χ3n) is 4.55. The summed E-state index contributed by atoms with van der Waals surface area (Å²) in [7, 11) is 0. The Morgan fingerprint density at radius 3 is 1.86 bits per heavy atom. The summed E-state index contributed by atoms with van der Waals surface area (Å²) in [4.78, 5) is 12.5. The van der Waals surface area contributed by atoms with Crippen molar-refractivity contribution in [3.8, 4) is 17.6 Å². The fourth-order valence-electron chi connectivity index (χ4n) is 2.94. The second-order valence-corrected chi connectivity index (χ2v) is 9.14. The van der Waals surface area contributed by atoms with Crippen molar-refractivity contribution in [3.63, 3.8) is 0 Å². The van der Waals surface area contributed by atoms with Crippen LogP contribution in [-0.4, -0.2) is 16.1 Å². The number of phenolic OH excluding ortho intramolecular Hbond substituents is 2. The maximum atomic E-state index is 12.5. The van der Waals surface area contributed by atoms with Crippen LogP contribution in [0.15, 0.2) is 42.0 Å². The Labute approximate surface area is 172 Å². The summed E-state index contributed by atoms with van der Waals surface area (Å²) in [5.74, 6) is -0.206. The molecule has 2 aromatic rings. The van der Waals surface area contributed by atoms with Crippen LogP contribution in [0, 0.1) is 11.3 Å². The number of nitrogens with zero attached hydrogens (tertiary/aromatic N) is 1. The number of rotatable bonds is 3. The van der Waals surface area contributed by atoms with E-state index in [2.05, 4.69) is 5.32 Å². The lowest BCUT2D eigenvalue weighted by molar-refractivity contribution is -0.112. The summed E-state index contributed by atoms with van der Waals surface area (Å²) in [6.45, 7) is 12.0. The van der Waals surface area contributed by atoms with E-state index in [0.29, 0.717) is 11.3 Å². The molecule has 0 unspecified atom stereocenters. The Balaban J connectivity index is 2.50. The lowest BCUT2D eigenvalue weighted by Crippen LogP contribution is -2.18. The zero-order chi connectivity index (χ0) is 22.0. The lowest BCUT2D eigenvalue weighted by atomic mass is 9.78. The second kappa shape index (κ2) is 8.00. The Kier molecular flexibility index (Phi) is 6.08. The van der Waals surface area contributed by atoms with Gasteiger partial charge in [0, 0.05) is 16.8 Å². The van der Waals surface area contributed by atoms with Gasteiger partial charge >= 0.3 is 0 Å². The van der Waals surface area contributed by atoms with E-state index in [1.807, 2.05) is 59.7 Å². The third-order valence-corrected chi connectivity index (χ3v) is 4.55. The van der Waals surface area contributed by atoms with Crippen molar-refractivity contribution < 1.29 is 15.0 Å². The Bertz CT molecular complexity index is 948. The van der Waals surface area contributed by atoms with Gasteiger partial charge in [0.2, 0.25) is 0 Å². The molecule has 2 rings (SSSR count). The van der Waals surface area contributed by atoms with E-state index in [0.717, 1.165) is 11.1 Å². The van der Waals surface area contributed by atoms with Crippen molar-refractivity contribution in [2.24, 2.45) is 0 Å². The summed E-state index contributed by atoms with van der Waals surface area (Å²) in [5.41, 5.74) is 1.99. The van der Waals surface area contributed by atoms with Gasteiger partial charge in [-0.1, -0.05) is 41.5 Å². The number of nitrogens with one attached hydrogen (secondary N) is 1. The predicted octanol–water partition coefficient (Wildman–Crippen LogP) is 5.24. The van der Waals surface area contributed by atoms with Crippen LogP contribution in [0.3, 0.4) is 0 Å². The first-order valence-electron chi connectivity index (χ1n) is 9.43. The molecular formula is C24H28N2O3. The van der Waals surface area contributed by atoms with E-state index in [1.54, 1.807) is 12.1 Å². The van der Waals surface area contributed by atoms with Crippen LogP contribution in [0.1, 0.15) is 58.2 Å². The highest BCUT2D eigenvalue weighted by atomic mass is 16.3. The van der Waals surface area contributed by atoms with Gasteiger partial charge in [0.15, 0.2) is 0 Å². The SMILES string of the molecule is CC(C)(C)c1cc(/C=C(\C#N)C(=O)Nc2ccc(O)cc2)cc(C(C)(C)C)c1O.